The number of aliphatic hydroxyl groups is 1. The summed E-state index contributed by atoms with van der Waals surface area (Å²) in [4.78, 5) is 4.62. The van der Waals surface area contributed by atoms with E-state index >= 15 is 0 Å². The molecule has 1 aromatic rings. The summed E-state index contributed by atoms with van der Waals surface area (Å²) in [5.74, 6) is 0.373. The molecule has 1 N–H and O–H groups in total. The van der Waals surface area contributed by atoms with Gasteiger partial charge in [0.1, 0.15) is 0 Å². The van der Waals surface area contributed by atoms with Gasteiger partial charge in [-0.15, -0.1) is 0 Å². The molecular formula is C15H24N2O. The van der Waals surface area contributed by atoms with Crippen LogP contribution in [0.4, 0.5) is 0 Å². The predicted molar refractivity (Wildman–Crippen MR) is 74.4 cm³/mol. The fourth-order valence-electron chi connectivity index (χ4n) is 2.73. The molecule has 3 heteroatoms. The van der Waals surface area contributed by atoms with E-state index in [0.717, 1.165) is 32.6 Å². The molecule has 1 saturated heterocycles. The van der Waals surface area contributed by atoms with Gasteiger partial charge in [0.05, 0.1) is 6.10 Å². The molecule has 1 aromatic carbocycles. The highest BCUT2D eigenvalue weighted by molar-refractivity contribution is 5.14. The van der Waals surface area contributed by atoms with Crippen molar-refractivity contribution in [1.29, 1.82) is 0 Å². The zero-order chi connectivity index (χ0) is 13.0. The highest BCUT2D eigenvalue weighted by atomic mass is 16.3. The first-order valence-corrected chi connectivity index (χ1v) is 6.74. The van der Waals surface area contributed by atoms with Crippen molar-refractivity contribution >= 4 is 0 Å². The van der Waals surface area contributed by atoms with Crippen molar-refractivity contribution in [2.45, 2.75) is 19.1 Å². The maximum Gasteiger partial charge on any atom is 0.0605 e. The standard InChI is InChI=1S/C15H24N2O/c1-16(2)11-14-12-17(9-8-15(14)18)10-13-6-4-3-5-7-13/h3-7,14-15,18H,8-12H2,1-2H3/t14-,15+/m1/s1. The SMILES string of the molecule is CN(C)C[C@@H]1CN(Cc2ccccc2)CC[C@@H]1O. The van der Waals surface area contributed by atoms with Crippen LogP contribution in [-0.4, -0.2) is 54.7 Å². The van der Waals surface area contributed by atoms with E-state index in [2.05, 4.69) is 54.2 Å². The molecular weight excluding hydrogens is 224 g/mol. The van der Waals surface area contributed by atoms with Gasteiger partial charge in [-0.2, -0.15) is 0 Å². The number of rotatable bonds is 4. The lowest BCUT2D eigenvalue weighted by Crippen LogP contribution is -2.46. The Labute approximate surface area is 110 Å². The molecule has 1 aliphatic heterocycles. The zero-order valence-corrected chi connectivity index (χ0v) is 11.4. The second-order valence-electron chi connectivity index (χ2n) is 5.60. The topological polar surface area (TPSA) is 26.7 Å². The van der Waals surface area contributed by atoms with E-state index in [4.69, 9.17) is 0 Å². The van der Waals surface area contributed by atoms with E-state index in [1.165, 1.54) is 5.56 Å². The van der Waals surface area contributed by atoms with Crippen molar-refractivity contribution in [3.05, 3.63) is 35.9 Å². The van der Waals surface area contributed by atoms with Crippen LogP contribution in [0.5, 0.6) is 0 Å². The molecule has 2 rings (SSSR count). The smallest absolute Gasteiger partial charge is 0.0605 e. The summed E-state index contributed by atoms with van der Waals surface area (Å²) < 4.78 is 0. The van der Waals surface area contributed by atoms with Gasteiger partial charge < -0.3 is 10.0 Å². The normalized spacial score (nSPS) is 25.6. The summed E-state index contributed by atoms with van der Waals surface area (Å²) in [5.41, 5.74) is 1.36. The predicted octanol–water partition coefficient (Wildman–Crippen LogP) is 1.43. The van der Waals surface area contributed by atoms with Crippen molar-refractivity contribution in [3.63, 3.8) is 0 Å². The average molecular weight is 248 g/mol. The minimum absolute atomic E-state index is 0.139. The van der Waals surface area contributed by atoms with E-state index in [0.29, 0.717) is 5.92 Å². The first-order valence-electron chi connectivity index (χ1n) is 6.74. The van der Waals surface area contributed by atoms with Gasteiger partial charge in [-0.3, -0.25) is 4.90 Å². The third-order valence-electron chi connectivity index (χ3n) is 3.63. The first kappa shape index (κ1) is 13.5. The van der Waals surface area contributed by atoms with E-state index in [9.17, 15) is 5.11 Å². The minimum atomic E-state index is -0.139. The Hall–Kier alpha value is -0.900. The third kappa shape index (κ3) is 3.80. The second kappa shape index (κ2) is 6.32. The van der Waals surface area contributed by atoms with Crippen LogP contribution in [-0.2, 0) is 6.54 Å². The minimum Gasteiger partial charge on any atom is -0.393 e. The number of hydrogen-bond donors (Lipinski definition) is 1. The number of benzene rings is 1. The fourth-order valence-corrected chi connectivity index (χ4v) is 2.73. The lowest BCUT2D eigenvalue weighted by molar-refractivity contribution is 0.0131. The van der Waals surface area contributed by atoms with Gasteiger partial charge in [-0.25, -0.2) is 0 Å². The summed E-state index contributed by atoms with van der Waals surface area (Å²) in [6.07, 6.45) is 0.755. The molecule has 2 atom stereocenters. The Morgan fingerprint density at radius 3 is 2.67 bits per heavy atom. The lowest BCUT2D eigenvalue weighted by atomic mass is 9.94. The highest BCUT2D eigenvalue weighted by Crippen LogP contribution is 2.19. The van der Waals surface area contributed by atoms with E-state index < -0.39 is 0 Å². The third-order valence-corrected chi connectivity index (χ3v) is 3.63. The molecule has 0 amide bonds. The lowest BCUT2D eigenvalue weighted by Gasteiger charge is -2.37. The van der Waals surface area contributed by atoms with E-state index in [1.54, 1.807) is 0 Å². The molecule has 1 aliphatic rings. The number of hydrogen-bond acceptors (Lipinski definition) is 3. The first-order chi connectivity index (χ1) is 8.65. The van der Waals surface area contributed by atoms with E-state index in [1.807, 2.05) is 0 Å². The Bertz CT molecular complexity index is 353. The van der Waals surface area contributed by atoms with Crippen molar-refractivity contribution in [3.8, 4) is 0 Å². The van der Waals surface area contributed by atoms with Gasteiger partial charge in [0.2, 0.25) is 0 Å². The molecule has 0 bridgehead atoms. The Morgan fingerprint density at radius 2 is 2.00 bits per heavy atom. The van der Waals surface area contributed by atoms with Crippen molar-refractivity contribution < 1.29 is 5.11 Å². The maximum atomic E-state index is 10.0. The van der Waals surface area contributed by atoms with Gasteiger partial charge in [0.25, 0.3) is 0 Å². The summed E-state index contributed by atoms with van der Waals surface area (Å²) in [7, 11) is 4.14. The van der Waals surface area contributed by atoms with Crippen LogP contribution in [0.3, 0.4) is 0 Å². The van der Waals surface area contributed by atoms with Crippen LogP contribution in [0.15, 0.2) is 30.3 Å². The number of likely N-dealkylation sites (tertiary alicyclic amines) is 1. The average Bonchev–Trinajstić information content (AvgIpc) is 2.34. The van der Waals surface area contributed by atoms with E-state index in [-0.39, 0.29) is 6.10 Å². The fraction of sp³-hybridized carbons (Fsp3) is 0.600. The van der Waals surface area contributed by atoms with Crippen LogP contribution in [0, 0.1) is 5.92 Å². The largest absolute Gasteiger partial charge is 0.393 e. The van der Waals surface area contributed by atoms with Crippen LogP contribution in [0.2, 0.25) is 0 Å². The molecule has 3 nitrogen and oxygen atoms in total. The number of aliphatic hydroxyl groups excluding tert-OH is 1. The quantitative estimate of drug-likeness (QED) is 0.873. The van der Waals surface area contributed by atoms with Crippen LogP contribution in [0.1, 0.15) is 12.0 Å². The summed E-state index contributed by atoms with van der Waals surface area (Å²) >= 11 is 0. The van der Waals surface area contributed by atoms with Gasteiger partial charge >= 0.3 is 0 Å². The molecule has 0 saturated carbocycles. The van der Waals surface area contributed by atoms with Gasteiger partial charge in [-0.05, 0) is 26.1 Å². The molecule has 0 unspecified atom stereocenters. The van der Waals surface area contributed by atoms with Gasteiger partial charge in [-0.1, -0.05) is 30.3 Å². The molecule has 0 aromatic heterocycles. The molecule has 0 radical (unpaired) electrons. The van der Waals surface area contributed by atoms with Crippen LogP contribution >= 0.6 is 0 Å². The summed E-state index contributed by atoms with van der Waals surface area (Å²) in [6.45, 7) is 3.96. The molecule has 18 heavy (non-hydrogen) atoms. The highest BCUT2D eigenvalue weighted by Gasteiger charge is 2.27. The van der Waals surface area contributed by atoms with Crippen molar-refractivity contribution in [1.82, 2.24) is 9.80 Å². The molecule has 1 heterocycles. The molecule has 0 aliphatic carbocycles. The second-order valence-corrected chi connectivity index (χ2v) is 5.60. The van der Waals surface area contributed by atoms with Crippen molar-refractivity contribution in [2.24, 2.45) is 5.92 Å². The zero-order valence-electron chi connectivity index (χ0n) is 11.4. The van der Waals surface area contributed by atoms with Crippen molar-refractivity contribution in [2.75, 3.05) is 33.7 Å². The monoisotopic (exact) mass is 248 g/mol. The van der Waals surface area contributed by atoms with Crippen LogP contribution in [0.25, 0.3) is 0 Å². The molecule has 100 valence electrons. The van der Waals surface area contributed by atoms with Gasteiger partial charge in [0.15, 0.2) is 0 Å². The Morgan fingerprint density at radius 1 is 1.28 bits per heavy atom. The Kier molecular flexibility index (Phi) is 4.75. The number of nitrogens with zero attached hydrogens (tertiary/aromatic N) is 2. The summed E-state index contributed by atoms with van der Waals surface area (Å²) in [6, 6.07) is 10.6. The summed E-state index contributed by atoms with van der Waals surface area (Å²) in [5, 5.41) is 10.0. The molecule has 1 fully saturated rings. The van der Waals surface area contributed by atoms with Crippen LogP contribution < -0.4 is 0 Å². The Balaban J connectivity index is 1.91. The maximum absolute atomic E-state index is 10.0. The van der Waals surface area contributed by atoms with Gasteiger partial charge in [0, 0.05) is 32.1 Å². The number of piperidine rings is 1. The molecule has 0 spiro atoms.